The number of thiophene rings is 1. The van der Waals surface area contributed by atoms with Crippen molar-refractivity contribution in [1.82, 2.24) is 4.90 Å². The Balaban J connectivity index is 2.01. The van der Waals surface area contributed by atoms with Crippen molar-refractivity contribution in [3.63, 3.8) is 0 Å². The lowest BCUT2D eigenvalue weighted by molar-refractivity contribution is -0.114. The zero-order valence-electron chi connectivity index (χ0n) is 15.1. The predicted molar refractivity (Wildman–Crippen MR) is 103 cm³/mol. The number of nitrogens with one attached hydrogen (secondary N) is 1. The Morgan fingerprint density at radius 1 is 1.27 bits per heavy atom. The van der Waals surface area contributed by atoms with E-state index in [9.17, 15) is 14.7 Å². The molecule has 2 aromatic rings. The number of ether oxygens (including phenoxy) is 1. The first-order valence-electron chi connectivity index (χ1n) is 8.95. The van der Waals surface area contributed by atoms with Gasteiger partial charge in [-0.2, -0.15) is 0 Å². The molecule has 2 N–H and O–H groups in total. The number of piperidine rings is 1. The Morgan fingerprint density at radius 2 is 2.00 bits per heavy atom. The van der Waals surface area contributed by atoms with Crippen LogP contribution in [0.3, 0.4) is 0 Å². The molecule has 1 amide bonds. The number of benzene rings is 1. The molecule has 0 saturated carbocycles. The normalized spacial score (nSPS) is 15.2. The Morgan fingerprint density at radius 3 is 2.65 bits per heavy atom. The third-order valence-electron chi connectivity index (χ3n) is 4.53. The second-order valence-corrected chi connectivity index (χ2v) is 7.52. The fourth-order valence-electron chi connectivity index (χ4n) is 3.33. The third-order valence-corrected chi connectivity index (χ3v) is 5.66. The number of phenolic OH excluding ortho intramolecular Hbond substituents is 1. The summed E-state index contributed by atoms with van der Waals surface area (Å²) in [6.07, 6.45) is 3.62. The summed E-state index contributed by atoms with van der Waals surface area (Å²) in [7, 11) is 0. The molecule has 7 heteroatoms. The van der Waals surface area contributed by atoms with Crippen LogP contribution in [0.1, 0.15) is 49.0 Å². The number of hydrogen-bond acceptors (Lipinski definition) is 6. The number of anilines is 1. The topological polar surface area (TPSA) is 78.9 Å². The van der Waals surface area contributed by atoms with Crippen molar-refractivity contribution in [3.8, 4) is 5.75 Å². The van der Waals surface area contributed by atoms with Gasteiger partial charge in [0.15, 0.2) is 0 Å². The van der Waals surface area contributed by atoms with Crippen LogP contribution in [0, 0.1) is 0 Å². The highest BCUT2D eigenvalue weighted by Crippen LogP contribution is 2.42. The fraction of sp³-hybridized carbons (Fsp3) is 0.474. The molecule has 1 saturated heterocycles. The third kappa shape index (κ3) is 3.83. The number of carbonyl (C=O) groups is 2. The number of hydrogen-bond donors (Lipinski definition) is 2. The Labute approximate surface area is 156 Å². The average Bonchev–Trinajstić information content (AvgIpc) is 2.97. The maximum atomic E-state index is 12.4. The molecule has 1 aromatic heterocycles. The molecule has 26 heavy (non-hydrogen) atoms. The van der Waals surface area contributed by atoms with Gasteiger partial charge in [0, 0.05) is 24.4 Å². The van der Waals surface area contributed by atoms with E-state index in [1.807, 2.05) is 12.1 Å². The quantitative estimate of drug-likeness (QED) is 0.778. The van der Waals surface area contributed by atoms with E-state index in [1.165, 1.54) is 37.5 Å². The Hall–Kier alpha value is -2.12. The van der Waals surface area contributed by atoms with E-state index < -0.39 is 5.97 Å². The van der Waals surface area contributed by atoms with Crippen molar-refractivity contribution in [3.05, 3.63) is 23.3 Å². The number of aromatic hydroxyl groups is 1. The summed E-state index contributed by atoms with van der Waals surface area (Å²) in [5.74, 6) is -0.582. The van der Waals surface area contributed by atoms with E-state index in [0.717, 1.165) is 18.7 Å². The van der Waals surface area contributed by atoms with Crippen molar-refractivity contribution in [1.29, 1.82) is 0 Å². The largest absolute Gasteiger partial charge is 0.506 e. The maximum Gasteiger partial charge on any atom is 0.341 e. The number of phenols is 1. The van der Waals surface area contributed by atoms with Crippen LogP contribution in [0.5, 0.6) is 5.75 Å². The Kier molecular flexibility index (Phi) is 5.78. The van der Waals surface area contributed by atoms with Crippen molar-refractivity contribution < 1.29 is 19.4 Å². The van der Waals surface area contributed by atoms with Gasteiger partial charge in [-0.15, -0.1) is 11.3 Å². The summed E-state index contributed by atoms with van der Waals surface area (Å²) >= 11 is 1.21. The summed E-state index contributed by atoms with van der Waals surface area (Å²) in [6.45, 7) is 6.12. The molecule has 6 nitrogen and oxygen atoms in total. The van der Waals surface area contributed by atoms with Gasteiger partial charge in [0.25, 0.3) is 0 Å². The number of amides is 1. The van der Waals surface area contributed by atoms with Crippen LogP contribution in [0.25, 0.3) is 10.1 Å². The van der Waals surface area contributed by atoms with Gasteiger partial charge in [-0.05, 0) is 32.9 Å². The van der Waals surface area contributed by atoms with E-state index in [2.05, 4.69) is 10.2 Å². The van der Waals surface area contributed by atoms with Crippen molar-refractivity contribution in [2.24, 2.45) is 0 Å². The van der Waals surface area contributed by atoms with Crippen molar-refractivity contribution in [2.45, 2.75) is 39.7 Å². The SMILES string of the molecule is CCOC(=O)c1c(NC(C)=O)sc2c(O)c(CN3CCCCC3)ccc12. The number of esters is 1. The summed E-state index contributed by atoms with van der Waals surface area (Å²) < 4.78 is 5.74. The maximum absolute atomic E-state index is 12.4. The van der Waals surface area contributed by atoms with Gasteiger partial charge >= 0.3 is 5.97 Å². The average molecular weight is 376 g/mol. The minimum Gasteiger partial charge on any atom is -0.506 e. The highest BCUT2D eigenvalue weighted by atomic mass is 32.1. The summed E-state index contributed by atoms with van der Waals surface area (Å²) in [5, 5.41) is 14.5. The number of nitrogens with zero attached hydrogens (tertiary/aromatic N) is 1. The number of carbonyl (C=O) groups excluding carboxylic acids is 2. The minimum atomic E-state index is -0.495. The minimum absolute atomic E-state index is 0.181. The molecule has 0 radical (unpaired) electrons. The molecule has 1 fully saturated rings. The summed E-state index contributed by atoms with van der Waals surface area (Å²) in [4.78, 5) is 26.2. The van der Waals surface area contributed by atoms with Crippen LogP contribution in [0.2, 0.25) is 0 Å². The van der Waals surface area contributed by atoms with Crippen LogP contribution in [-0.2, 0) is 16.1 Å². The highest BCUT2D eigenvalue weighted by Gasteiger charge is 2.24. The molecule has 1 aromatic carbocycles. The second kappa shape index (κ2) is 8.05. The first-order chi connectivity index (χ1) is 12.5. The van der Waals surface area contributed by atoms with Crippen LogP contribution < -0.4 is 5.32 Å². The van der Waals surface area contributed by atoms with Gasteiger partial charge in [-0.25, -0.2) is 4.79 Å². The molecule has 140 valence electrons. The van der Waals surface area contributed by atoms with Crippen LogP contribution >= 0.6 is 11.3 Å². The first kappa shape index (κ1) is 18.7. The number of likely N-dealkylation sites (tertiary alicyclic amines) is 1. The molecule has 3 rings (SSSR count). The molecule has 0 bridgehead atoms. The lowest BCUT2D eigenvalue weighted by Gasteiger charge is -2.26. The van der Waals surface area contributed by atoms with Gasteiger partial charge in [0.2, 0.25) is 5.91 Å². The zero-order valence-corrected chi connectivity index (χ0v) is 15.9. The molecule has 0 aliphatic carbocycles. The van der Waals surface area contributed by atoms with Gasteiger partial charge in [-0.1, -0.05) is 18.6 Å². The van der Waals surface area contributed by atoms with Gasteiger partial charge < -0.3 is 15.2 Å². The molecular weight excluding hydrogens is 352 g/mol. The van der Waals surface area contributed by atoms with E-state index in [4.69, 9.17) is 4.74 Å². The fourth-order valence-corrected chi connectivity index (χ4v) is 4.53. The molecule has 0 spiro atoms. The van der Waals surface area contributed by atoms with E-state index in [0.29, 0.717) is 27.2 Å². The van der Waals surface area contributed by atoms with Crippen molar-refractivity contribution in [2.75, 3.05) is 25.0 Å². The van der Waals surface area contributed by atoms with E-state index in [1.54, 1.807) is 6.92 Å². The Bertz CT molecular complexity index is 825. The summed E-state index contributed by atoms with van der Waals surface area (Å²) in [5.41, 5.74) is 1.15. The molecule has 2 heterocycles. The van der Waals surface area contributed by atoms with Crippen LogP contribution in [0.4, 0.5) is 5.00 Å². The van der Waals surface area contributed by atoms with Gasteiger partial charge in [0.05, 0.1) is 11.3 Å². The monoisotopic (exact) mass is 376 g/mol. The zero-order chi connectivity index (χ0) is 18.7. The molecule has 1 aliphatic heterocycles. The molecular formula is C19H24N2O4S. The first-order valence-corrected chi connectivity index (χ1v) is 9.77. The van der Waals surface area contributed by atoms with E-state index >= 15 is 0 Å². The molecule has 1 aliphatic rings. The standard InChI is InChI=1S/C19H24N2O4S/c1-3-25-19(24)15-14-8-7-13(11-21-9-5-4-6-10-21)16(23)17(14)26-18(15)20-12(2)22/h7-8,23H,3-6,9-11H2,1-2H3,(H,20,22). The number of rotatable bonds is 5. The van der Waals surface area contributed by atoms with E-state index in [-0.39, 0.29) is 18.3 Å². The summed E-state index contributed by atoms with van der Waals surface area (Å²) in [6, 6.07) is 3.70. The molecule has 0 unspecified atom stereocenters. The highest BCUT2D eigenvalue weighted by molar-refractivity contribution is 7.23. The second-order valence-electron chi connectivity index (χ2n) is 6.49. The van der Waals surface area contributed by atoms with Gasteiger partial charge in [-0.3, -0.25) is 9.69 Å². The lowest BCUT2D eigenvalue weighted by Crippen LogP contribution is -2.29. The van der Waals surface area contributed by atoms with Crippen LogP contribution in [-0.4, -0.2) is 41.6 Å². The van der Waals surface area contributed by atoms with Gasteiger partial charge in [0.1, 0.15) is 16.3 Å². The predicted octanol–water partition coefficient (Wildman–Crippen LogP) is 3.73. The molecule has 0 atom stereocenters. The smallest absolute Gasteiger partial charge is 0.341 e. The van der Waals surface area contributed by atoms with Crippen molar-refractivity contribution >= 4 is 38.3 Å². The lowest BCUT2D eigenvalue weighted by atomic mass is 10.1. The number of fused-ring (bicyclic) bond motifs is 1. The van der Waals surface area contributed by atoms with Crippen LogP contribution in [0.15, 0.2) is 12.1 Å².